The quantitative estimate of drug-likeness (QED) is 0.612. The predicted molar refractivity (Wildman–Crippen MR) is 94.3 cm³/mol. The van der Waals surface area contributed by atoms with Crippen molar-refractivity contribution < 1.29 is 27.5 Å². The Balaban J connectivity index is 1.83. The number of hydrogen-bond acceptors (Lipinski definition) is 3. The van der Waals surface area contributed by atoms with E-state index in [1.54, 1.807) is 0 Å². The highest BCUT2D eigenvalue weighted by Gasteiger charge is 2.29. The van der Waals surface area contributed by atoms with Crippen LogP contribution in [0.5, 0.6) is 0 Å². The second kappa shape index (κ2) is 9.02. The minimum absolute atomic E-state index is 0.308. The fourth-order valence-electron chi connectivity index (χ4n) is 2.14. The Bertz CT molecular complexity index is 799. The molecule has 0 aliphatic rings. The molecule has 2 rings (SSSR count). The summed E-state index contributed by atoms with van der Waals surface area (Å²) in [5, 5.41) is 2.65. The van der Waals surface area contributed by atoms with Crippen LogP contribution in [0.25, 0.3) is 6.08 Å². The average molecular weight is 377 g/mol. The number of alkyl halides is 3. The molecule has 0 aliphatic heterocycles. The number of carbonyl (C=O) groups is 2. The fourth-order valence-corrected chi connectivity index (χ4v) is 2.14. The van der Waals surface area contributed by atoms with Gasteiger partial charge in [0, 0.05) is 12.6 Å². The van der Waals surface area contributed by atoms with Crippen molar-refractivity contribution >= 4 is 18.0 Å². The lowest BCUT2D eigenvalue weighted by molar-refractivity contribution is -0.150. The number of carbonyl (C=O) groups excluding carboxylic acids is 2. The average Bonchev–Trinajstić information content (AvgIpc) is 2.65. The highest BCUT2D eigenvalue weighted by atomic mass is 19.4. The lowest BCUT2D eigenvalue weighted by atomic mass is 10.1. The SMILES string of the molecule is C[C@@H](OC(=O)/C=C/c1ccc(C(F)(F)F)cc1)C(=O)NCc1ccccc1. The molecule has 1 atom stereocenters. The molecule has 0 spiro atoms. The van der Waals surface area contributed by atoms with Crippen molar-refractivity contribution in [2.75, 3.05) is 0 Å². The van der Waals surface area contributed by atoms with Crippen LogP contribution < -0.4 is 5.32 Å². The summed E-state index contributed by atoms with van der Waals surface area (Å²) < 4.78 is 42.5. The molecular formula is C20H18F3NO3. The van der Waals surface area contributed by atoms with Gasteiger partial charge in [0.1, 0.15) is 0 Å². The zero-order valence-corrected chi connectivity index (χ0v) is 14.5. The van der Waals surface area contributed by atoms with Crippen LogP contribution in [0.2, 0.25) is 0 Å². The van der Waals surface area contributed by atoms with Gasteiger partial charge in [0.25, 0.3) is 5.91 Å². The predicted octanol–water partition coefficient (Wildman–Crippen LogP) is 3.97. The zero-order valence-electron chi connectivity index (χ0n) is 14.5. The molecule has 4 nitrogen and oxygen atoms in total. The summed E-state index contributed by atoms with van der Waals surface area (Å²) >= 11 is 0. The van der Waals surface area contributed by atoms with Gasteiger partial charge in [-0.25, -0.2) is 4.79 Å². The van der Waals surface area contributed by atoms with Crippen LogP contribution in [-0.2, 0) is 27.0 Å². The van der Waals surface area contributed by atoms with Crippen LogP contribution in [0.1, 0.15) is 23.6 Å². The van der Waals surface area contributed by atoms with Gasteiger partial charge in [-0.1, -0.05) is 42.5 Å². The molecule has 0 bridgehead atoms. The second-order valence-electron chi connectivity index (χ2n) is 5.74. The lowest BCUT2D eigenvalue weighted by Gasteiger charge is -2.12. The number of hydrogen-bond donors (Lipinski definition) is 1. The maximum Gasteiger partial charge on any atom is 0.416 e. The van der Waals surface area contributed by atoms with Gasteiger partial charge in [-0.05, 0) is 36.3 Å². The summed E-state index contributed by atoms with van der Waals surface area (Å²) in [6.45, 7) is 1.74. The van der Waals surface area contributed by atoms with Gasteiger partial charge in [0.05, 0.1) is 5.56 Å². The van der Waals surface area contributed by atoms with Gasteiger partial charge < -0.3 is 10.1 Å². The number of rotatable bonds is 6. The molecule has 0 saturated heterocycles. The molecule has 0 radical (unpaired) electrons. The van der Waals surface area contributed by atoms with Gasteiger partial charge in [0.2, 0.25) is 0 Å². The first kappa shape index (κ1) is 20.2. The highest BCUT2D eigenvalue weighted by Crippen LogP contribution is 2.29. The van der Waals surface area contributed by atoms with Gasteiger partial charge >= 0.3 is 12.1 Å². The molecule has 2 aromatic rings. The van der Waals surface area contributed by atoms with Crippen molar-refractivity contribution in [2.24, 2.45) is 0 Å². The van der Waals surface area contributed by atoms with Crippen LogP contribution in [0, 0.1) is 0 Å². The van der Waals surface area contributed by atoms with E-state index >= 15 is 0 Å². The molecule has 0 heterocycles. The molecule has 0 fully saturated rings. The molecule has 1 N–H and O–H groups in total. The Hall–Kier alpha value is -3.09. The van der Waals surface area contributed by atoms with E-state index in [9.17, 15) is 22.8 Å². The van der Waals surface area contributed by atoms with E-state index in [1.165, 1.54) is 25.1 Å². The van der Waals surface area contributed by atoms with Crippen LogP contribution in [0.3, 0.4) is 0 Å². The summed E-state index contributed by atoms with van der Waals surface area (Å²) in [6, 6.07) is 13.6. The van der Waals surface area contributed by atoms with Crippen LogP contribution in [0.4, 0.5) is 13.2 Å². The third-order valence-corrected chi connectivity index (χ3v) is 3.62. The minimum atomic E-state index is -4.41. The smallest absolute Gasteiger partial charge is 0.416 e. The van der Waals surface area contributed by atoms with Crippen molar-refractivity contribution in [1.82, 2.24) is 5.32 Å². The summed E-state index contributed by atoms with van der Waals surface area (Å²) in [5.74, 6) is -1.22. The van der Waals surface area contributed by atoms with Crippen LogP contribution >= 0.6 is 0 Å². The standard InChI is InChI=1S/C20H18F3NO3/c1-14(19(26)24-13-16-5-3-2-4-6-16)27-18(25)12-9-15-7-10-17(11-8-15)20(21,22)23/h2-12,14H,13H2,1H3,(H,24,26)/b12-9+/t14-/m1/s1. The molecule has 142 valence electrons. The first-order chi connectivity index (χ1) is 12.8. The minimum Gasteiger partial charge on any atom is -0.449 e. The summed E-state index contributed by atoms with van der Waals surface area (Å²) in [6.07, 6.45) is -3.04. The van der Waals surface area contributed by atoms with Crippen molar-refractivity contribution in [3.8, 4) is 0 Å². The van der Waals surface area contributed by atoms with E-state index in [2.05, 4.69) is 5.32 Å². The van der Waals surface area contributed by atoms with Crippen LogP contribution in [-0.4, -0.2) is 18.0 Å². The van der Waals surface area contributed by atoms with E-state index < -0.39 is 29.7 Å². The van der Waals surface area contributed by atoms with Crippen molar-refractivity contribution in [3.63, 3.8) is 0 Å². The van der Waals surface area contributed by atoms with Gasteiger partial charge in [0.15, 0.2) is 6.10 Å². The van der Waals surface area contributed by atoms with Gasteiger partial charge in [-0.3, -0.25) is 4.79 Å². The first-order valence-corrected chi connectivity index (χ1v) is 8.13. The number of ether oxygens (including phenoxy) is 1. The van der Waals surface area contributed by atoms with E-state index in [1.807, 2.05) is 30.3 Å². The van der Waals surface area contributed by atoms with E-state index in [-0.39, 0.29) is 0 Å². The fraction of sp³-hybridized carbons (Fsp3) is 0.200. The van der Waals surface area contributed by atoms with E-state index in [4.69, 9.17) is 4.74 Å². The third kappa shape index (κ3) is 6.62. The van der Waals surface area contributed by atoms with E-state index in [0.717, 1.165) is 23.8 Å². The van der Waals surface area contributed by atoms with Crippen LogP contribution in [0.15, 0.2) is 60.7 Å². The third-order valence-electron chi connectivity index (χ3n) is 3.62. The van der Waals surface area contributed by atoms with E-state index in [0.29, 0.717) is 12.1 Å². The largest absolute Gasteiger partial charge is 0.449 e. The second-order valence-corrected chi connectivity index (χ2v) is 5.74. The maximum absolute atomic E-state index is 12.5. The summed E-state index contributed by atoms with van der Waals surface area (Å²) in [7, 11) is 0. The van der Waals surface area contributed by atoms with Gasteiger partial charge in [-0.2, -0.15) is 13.2 Å². The maximum atomic E-state index is 12.5. The topological polar surface area (TPSA) is 55.4 Å². The Morgan fingerprint density at radius 2 is 1.70 bits per heavy atom. The molecule has 7 heteroatoms. The van der Waals surface area contributed by atoms with Gasteiger partial charge in [-0.15, -0.1) is 0 Å². The molecule has 27 heavy (non-hydrogen) atoms. The number of benzene rings is 2. The normalized spacial score (nSPS) is 12.6. The summed E-state index contributed by atoms with van der Waals surface area (Å²) in [4.78, 5) is 23.7. The monoisotopic (exact) mass is 377 g/mol. The summed E-state index contributed by atoms with van der Waals surface area (Å²) in [5.41, 5.74) is 0.540. The molecular weight excluding hydrogens is 359 g/mol. The molecule has 1 amide bonds. The molecule has 0 aliphatic carbocycles. The number of nitrogens with one attached hydrogen (secondary N) is 1. The number of halogens is 3. The lowest BCUT2D eigenvalue weighted by Crippen LogP contribution is -2.35. The highest BCUT2D eigenvalue weighted by molar-refractivity contribution is 5.90. The molecule has 0 aromatic heterocycles. The Morgan fingerprint density at radius 3 is 2.30 bits per heavy atom. The van der Waals surface area contributed by atoms with Crippen molar-refractivity contribution in [1.29, 1.82) is 0 Å². The van der Waals surface area contributed by atoms with Crippen molar-refractivity contribution in [2.45, 2.75) is 25.7 Å². The zero-order chi connectivity index (χ0) is 19.9. The Labute approximate surface area is 154 Å². The molecule has 0 unspecified atom stereocenters. The number of amides is 1. The molecule has 2 aromatic carbocycles. The van der Waals surface area contributed by atoms with Crippen molar-refractivity contribution in [3.05, 3.63) is 77.4 Å². The number of esters is 1. The molecule has 0 saturated carbocycles. The first-order valence-electron chi connectivity index (χ1n) is 8.13. The Kier molecular flexibility index (Phi) is 6.76. The Morgan fingerprint density at radius 1 is 1.07 bits per heavy atom.